The van der Waals surface area contributed by atoms with Gasteiger partial charge >= 0.3 is 0 Å². The topological polar surface area (TPSA) is 26.0 Å². The Hall–Kier alpha value is -1.50. The van der Waals surface area contributed by atoms with Crippen LogP contribution in [0, 0.1) is 6.92 Å². The predicted molar refractivity (Wildman–Crippen MR) is 55.0 cm³/mol. The fourth-order valence-electron chi connectivity index (χ4n) is 1.15. The molecule has 1 aromatic carbocycles. The van der Waals surface area contributed by atoms with Gasteiger partial charge in [-0.2, -0.15) is 0 Å². The largest absolute Gasteiger partial charge is 0.399 e. The molecule has 0 atom stereocenters. The van der Waals surface area contributed by atoms with Crippen LogP contribution in [0.25, 0.3) is 12.7 Å². The van der Waals surface area contributed by atoms with E-state index in [2.05, 4.69) is 13.2 Å². The minimum atomic E-state index is 0.771. The van der Waals surface area contributed by atoms with E-state index >= 15 is 0 Å². The minimum Gasteiger partial charge on any atom is -0.399 e. The molecule has 0 unspecified atom stereocenters. The van der Waals surface area contributed by atoms with Gasteiger partial charge in [0.25, 0.3) is 0 Å². The second kappa shape index (κ2) is 3.26. The molecule has 0 heterocycles. The van der Waals surface area contributed by atoms with Gasteiger partial charge in [0.2, 0.25) is 0 Å². The van der Waals surface area contributed by atoms with Gasteiger partial charge in [0.15, 0.2) is 0 Å². The third-order valence-electron chi connectivity index (χ3n) is 1.83. The minimum absolute atomic E-state index is 0.771. The van der Waals surface area contributed by atoms with Crippen molar-refractivity contribution in [2.75, 3.05) is 5.73 Å². The van der Waals surface area contributed by atoms with Gasteiger partial charge in [-0.3, -0.25) is 0 Å². The molecule has 62 valence electrons. The highest BCUT2D eigenvalue weighted by atomic mass is 14.5. The second-order valence-corrected chi connectivity index (χ2v) is 2.81. The zero-order chi connectivity index (χ0) is 9.14. The fraction of sp³-hybridized carbons (Fsp3) is 0.0909. The number of allylic oxidation sites excluding steroid dienone is 1. The molecule has 2 N–H and O–H groups in total. The third-order valence-corrected chi connectivity index (χ3v) is 1.83. The van der Waals surface area contributed by atoms with Crippen molar-refractivity contribution in [3.05, 3.63) is 40.8 Å². The summed E-state index contributed by atoms with van der Waals surface area (Å²) in [5, 5.41) is 2.06. The summed E-state index contributed by atoms with van der Waals surface area (Å²) >= 11 is 0. The van der Waals surface area contributed by atoms with Crippen molar-refractivity contribution in [2.45, 2.75) is 6.92 Å². The van der Waals surface area contributed by atoms with Gasteiger partial charge in [0.05, 0.1) is 0 Å². The molecular formula is C11H13N. The number of nitrogen functional groups attached to an aromatic ring is 1. The normalized spacial score (nSPS) is 11.6. The summed E-state index contributed by atoms with van der Waals surface area (Å²) in [4.78, 5) is 0. The Morgan fingerprint density at radius 2 is 2.08 bits per heavy atom. The van der Waals surface area contributed by atoms with E-state index in [1.54, 1.807) is 6.08 Å². The van der Waals surface area contributed by atoms with Crippen LogP contribution in [0.4, 0.5) is 5.69 Å². The molecule has 0 amide bonds. The number of rotatable bonds is 1. The summed E-state index contributed by atoms with van der Waals surface area (Å²) in [6.45, 7) is 9.58. The summed E-state index contributed by atoms with van der Waals surface area (Å²) in [5.74, 6) is 0. The van der Waals surface area contributed by atoms with E-state index < -0.39 is 0 Å². The van der Waals surface area contributed by atoms with Crippen LogP contribution < -0.4 is 16.2 Å². The molecule has 0 aliphatic rings. The van der Waals surface area contributed by atoms with E-state index in [4.69, 9.17) is 5.73 Å². The van der Waals surface area contributed by atoms with E-state index in [1.807, 2.05) is 25.1 Å². The number of aryl methyl sites for hydroxylation is 1. The van der Waals surface area contributed by atoms with Crippen LogP contribution in [0.1, 0.15) is 5.56 Å². The summed E-state index contributed by atoms with van der Waals surface area (Å²) in [6.07, 6.45) is 3.65. The Kier molecular flexibility index (Phi) is 2.34. The van der Waals surface area contributed by atoms with Crippen molar-refractivity contribution in [2.24, 2.45) is 0 Å². The van der Waals surface area contributed by atoms with Gasteiger partial charge in [-0.1, -0.05) is 25.3 Å². The van der Waals surface area contributed by atoms with Crippen molar-refractivity contribution in [1.82, 2.24) is 0 Å². The molecule has 0 aliphatic carbocycles. The maximum Gasteiger partial charge on any atom is 0.0323 e. The average Bonchev–Trinajstić information content (AvgIpc) is 2.00. The third kappa shape index (κ3) is 1.56. The number of hydrogen-bond acceptors (Lipinski definition) is 1. The van der Waals surface area contributed by atoms with Gasteiger partial charge in [-0.15, -0.1) is 0 Å². The van der Waals surface area contributed by atoms with Crippen LogP contribution in [-0.2, 0) is 0 Å². The highest BCUT2D eigenvalue weighted by molar-refractivity contribution is 5.47. The molecule has 1 heteroatoms. The van der Waals surface area contributed by atoms with Crippen LogP contribution in [-0.4, -0.2) is 0 Å². The summed E-state index contributed by atoms with van der Waals surface area (Å²) in [5.41, 5.74) is 7.56. The van der Waals surface area contributed by atoms with Crippen molar-refractivity contribution in [3.8, 4) is 0 Å². The monoisotopic (exact) mass is 159 g/mol. The molecule has 0 radical (unpaired) electrons. The van der Waals surface area contributed by atoms with E-state index in [0.29, 0.717) is 0 Å². The van der Waals surface area contributed by atoms with Crippen molar-refractivity contribution < 1.29 is 0 Å². The zero-order valence-electron chi connectivity index (χ0n) is 7.30. The first kappa shape index (κ1) is 8.60. The van der Waals surface area contributed by atoms with Crippen molar-refractivity contribution >= 4 is 18.3 Å². The van der Waals surface area contributed by atoms with Gasteiger partial charge in [-0.05, 0) is 35.1 Å². The lowest BCUT2D eigenvalue weighted by molar-refractivity contribution is 1.38. The number of benzene rings is 1. The van der Waals surface area contributed by atoms with Gasteiger partial charge < -0.3 is 5.73 Å². The molecule has 1 nitrogen and oxygen atoms in total. The quantitative estimate of drug-likeness (QED) is 0.607. The highest BCUT2D eigenvalue weighted by Crippen LogP contribution is 1.95. The van der Waals surface area contributed by atoms with E-state index in [0.717, 1.165) is 21.7 Å². The molecule has 0 bridgehead atoms. The molecular weight excluding hydrogens is 146 g/mol. The molecule has 0 saturated carbocycles. The molecule has 0 aromatic heterocycles. The maximum absolute atomic E-state index is 5.68. The summed E-state index contributed by atoms with van der Waals surface area (Å²) in [6, 6.07) is 3.82. The lowest BCUT2D eigenvalue weighted by Gasteiger charge is -1.97. The van der Waals surface area contributed by atoms with Gasteiger partial charge in [0, 0.05) is 5.69 Å². The fourth-order valence-corrected chi connectivity index (χ4v) is 1.15. The van der Waals surface area contributed by atoms with Crippen LogP contribution in [0.2, 0.25) is 0 Å². The Morgan fingerprint density at radius 1 is 1.42 bits per heavy atom. The zero-order valence-corrected chi connectivity index (χ0v) is 7.30. The lowest BCUT2D eigenvalue weighted by atomic mass is 10.1. The number of nitrogens with two attached hydrogens (primary N) is 1. The standard InChI is InChI=1S/C11H13N/c1-4-5-10-7-11(12)6-8(2)9(10)3/h4-7H,1,3,12H2,2H3/b10-5-. The van der Waals surface area contributed by atoms with E-state index in [1.165, 1.54) is 0 Å². The van der Waals surface area contributed by atoms with Crippen LogP contribution in [0.5, 0.6) is 0 Å². The average molecular weight is 159 g/mol. The molecule has 1 rings (SSSR count). The molecule has 0 aliphatic heterocycles. The van der Waals surface area contributed by atoms with Crippen LogP contribution in [0.3, 0.4) is 0 Å². The highest BCUT2D eigenvalue weighted by Gasteiger charge is 1.90. The molecule has 1 aromatic rings. The predicted octanol–water partition coefficient (Wildman–Crippen LogP) is 0.954. The molecule has 0 saturated heterocycles. The Bertz CT molecular complexity index is 402. The van der Waals surface area contributed by atoms with Crippen molar-refractivity contribution in [3.63, 3.8) is 0 Å². The van der Waals surface area contributed by atoms with Gasteiger partial charge in [-0.25, -0.2) is 0 Å². The molecule has 0 spiro atoms. The number of anilines is 1. The smallest absolute Gasteiger partial charge is 0.0323 e. The van der Waals surface area contributed by atoms with Gasteiger partial charge in [0.1, 0.15) is 0 Å². The first-order valence-corrected chi connectivity index (χ1v) is 3.83. The van der Waals surface area contributed by atoms with Crippen molar-refractivity contribution in [1.29, 1.82) is 0 Å². The summed E-state index contributed by atoms with van der Waals surface area (Å²) in [7, 11) is 0. The summed E-state index contributed by atoms with van der Waals surface area (Å²) < 4.78 is 0. The van der Waals surface area contributed by atoms with E-state index in [9.17, 15) is 0 Å². The Labute approximate surface area is 72.5 Å². The molecule has 0 fully saturated rings. The Balaban J connectivity index is 3.60. The SMILES string of the molecule is C=C/C=c1/cc(N)cc(C)c1=C. The maximum atomic E-state index is 5.68. The second-order valence-electron chi connectivity index (χ2n) is 2.81. The molecule has 12 heavy (non-hydrogen) atoms. The first-order chi connectivity index (χ1) is 5.65. The van der Waals surface area contributed by atoms with Crippen LogP contribution in [0.15, 0.2) is 24.8 Å². The Morgan fingerprint density at radius 3 is 2.67 bits per heavy atom. The lowest BCUT2D eigenvalue weighted by Crippen LogP contribution is -2.25. The first-order valence-electron chi connectivity index (χ1n) is 3.83. The van der Waals surface area contributed by atoms with Crippen LogP contribution >= 0.6 is 0 Å². The number of hydrogen-bond donors (Lipinski definition) is 1. The van der Waals surface area contributed by atoms with E-state index in [-0.39, 0.29) is 0 Å².